The molecule has 2 N–H and O–H groups in total. The van der Waals surface area contributed by atoms with Crippen molar-refractivity contribution in [3.05, 3.63) is 0 Å². The Morgan fingerprint density at radius 3 is 1.63 bits per heavy atom. The van der Waals surface area contributed by atoms with E-state index in [1.807, 2.05) is 0 Å². The SMILES string of the molecule is CCCCCCCCCCCCCCOC(=O)C(CC(=O)O)S(=O)(=O)O.[NaH]. The molecule has 1 unspecified atom stereocenters. The molecule has 0 amide bonds. The first-order valence-electron chi connectivity index (χ1n) is 9.63. The van der Waals surface area contributed by atoms with Gasteiger partial charge in [0, 0.05) is 0 Å². The molecule has 0 fully saturated rings. The van der Waals surface area contributed by atoms with E-state index in [9.17, 15) is 18.0 Å². The Balaban J connectivity index is 0. The van der Waals surface area contributed by atoms with E-state index in [4.69, 9.17) is 14.4 Å². The maximum atomic E-state index is 11.6. The second kappa shape index (κ2) is 17.9. The zero-order valence-electron chi connectivity index (χ0n) is 15.8. The standard InChI is InChI=1S/C18H34O7S.Na.H/c1-2-3-4-5-6-7-8-9-10-11-12-13-14-25-18(21)16(15-17(19)20)26(22,23)24;;/h16H,2-15H2,1H3,(H,19,20)(H,22,23,24);;. The number of carbonyl (C=O) groups excluding carboxylic acids is 1. The number of hydrogen-bond acceptors (Lipinski definition) is 5. The molecule has 0 aliphatic rings. The third-order valence-electron chi connectivity index (χ3n) is 4.22. The third-order valence-corrected chi connectivity index (χ3v) is 5.30. The van der Waals surface area contributed by atoms with Crippen LogP contribution in [0.2, 0.25) is 0 Å². The fraction of sp³-hybridized carbons (Fsp3) is 0.889. The van der Waals surface area contributed by atoms with Gasteiger partial charge in [-0.05, 0) is 6.42 Å². The molecule has 0 aromatic heterocycles. The van der Waals surface area contributed by atoms with Crippen molar-refractivity contribution in [2.24, 2.45) is 0 Å². The number of ether oxygens (including phenoxy) is 1. The van der Waals surface area contributed by atoms with Gasteiger partial charge in [-0.2, -0.15) is 8.42 Å². The first-order valence-corrected chi connectivity index (χ1v) is 11.1. The van der Waals surface area contributed by atoms with Crippen molar-refractivity contribution in [1.29, 1.82) is 0 Å². The molecule has 0 rings (SSSR count). The average molecular weight is 419 g/mol. The summed E-state index contributed by atoms with van der Waals surface area (Å²) in [6.07, 6.45) is 12.9. The quantitative estimate of drug-likeness (QED) is 0.161. The molecular weight excluding hydrogens is 383 g/mol. The predicted octanol–water partition coefficient (Wildman–Crippen LogP) is 3.31. The van der Waals surface area contributed by atoms with Crippen LogP contribution in [0.25, 0.3) is 0 Å². The molecule has 0 aliphatic heterocycles. The van der Waals surface area contributed by atoms with Gasteiger partial charge in [0.05, 0.1) is 13.0 Å². The van der Waals surface area contributed by atoms with E-state index in [2.05, 4.69) is 6.92 Å². The molecule has 0 spiro atoms. The van der Waals surface area contributed by atoms with Crippen molar-refractivity contribution in [3.8, 4) is 0 Å². The average Bonchev–Trinajstić information content (AvgIpc) is 2.55. The van der Waals surface area contributed by atoms with E-state index in [-0.39, 0.29) is 36.2 Å². The third kappa shape index (κ3) is 17.7. The normalized spacial score (nSPS) is 12.2. The number of aliphatic carboxylic acids is 1. The first-order chi connectivity index (χ1) is 12.3. The van der Waals surface area contributed by atoms with Crippen LogP contribution in [-0.2, 0) is 24.4 Å². The van der Waals surface area contributed by atoms with Gasteiger partial charge in [-0.15, -0.1) is 0 Å². The molecule has 0 saturated carbocycles. The number of unbranched alkanes of at least 4 members (excludes halogenated alkanes) is 11. The van der Waals surface area contributed by atoms with Crippen LogP contribution in [0.1, 0.15) is 90.4 Å². The Kier molecular flexibility index (Phi) is 19.3. The zero-order chi connectivity index (χ0) is 19.8. The number of esters is 1. The van der Waals surface area contributed by atoms with Crippen LogP contribution in [-0.4, -0.2) is 71.4 Å². The summed E-state index contributed by atoms with van der Waals surface area (Å²) in [4.78, 5) is 22.2. The van der Waals surface area contributed by atoms with Gasteiger partial charge in [0.15, 0.2) is 5.25 Å². The van der Waals surface area contributed by atoms with Gasteiger partial charge in [0.1, 0.15) is 0 Å². The molecule has 0 aliphatic carbocycles. The van der Waals surface area contributed by atoms with E-state index < -0.39 is 33.7 Å². The van der Waals surface area contributed by atoms with Crippen LogP contribution < -0.4 is 0 Å². The van der Waals surface area contributed by atoms with Crippen molar-refractivity contribution in [2.45, 2.75) is 95.6 Å². The van der Waals surface area contributed by atoms with Crippen LogP contribution >= 0.6 is 0 Å². The molecular formula is C18H35NaO7S. The Bertz CT molecular complexity index is 494. The minimum absolute atomic E-state index is 0. The summed E-state index contributed by atoms with van der Waals surface area (Å²) in [5.74, 6) is -2.70. The van der Waals surface area contributed by atoms with Crippen LogP contribution in [0, 0.1) is 0 Å². The number of carbonyl (C=O) groups is 2. The Labute approximate surface area is 185 Å². The van der Waals surface area contributed by atoms with Gasteiger partial charge < -0.3 is 9.84 Å². The number of hydrogen-bond donors (Lipinski definition) is 2. The molecule has 0 aromatic carbocycles. The summed E-state index contributed by atoms with van der Waals surface area (Å²) in [5, 5.41) is 6.54. The summed E-state index contributed by atoms with van der Waals surface area (Å²) in [6, 6.07) is 0. The van der Waals surface area contributed by atoms with Crippen molar-refractivity contribution in [2.75, 3.05) is 6.61 Å². The van der Waals surface area contributed by atoms with Crippen LogP contribution in [0.5, 0.6) is 0 Å². The molecule has 156 valence electrons. The monoisotopic (exact) mass is 418 g/mol. The Hall–Kier alpha value is -0.150. The Morgan fingerprint density at radius 2 is 1.26 bits per heavy atom. The van der Waals surface area contributed by atoms with E-state index in [1.54, 1.807) is 0 Å². The van der Waals surface area contributed by atoms with Crippen molar-refractivity contribution >= 4 is 51.6 Å². The van der Waals surface area contributed by atoms with Gasteiger partial charge in [0.2, 0.25) is 0 Å². The van der Waals surface area contributed by atoms with Crippen molar-refractivity contribution in [1.82, 2.24) is 0 Å². The predicted molar refractivity (Wildman–Crippen MR) is 107 cm³/mol. The summed E-state index contributed by atoms with van der Waals surface area (Å²) in [7, 11) is -4.78. The van der Waals surface area contributed by atoms with Gasteiger partial charge in [-0.3, -0.25) is 14.1 Å². The van der Waals surface area contributed by atoms with Gasteiger partial charge in [-0.25, -0.2) is 0 Å². The molecule has 0 saturated heterocycles. The van der Waals surface area contributed by atoms with Gasteiger partial charge >= 0.3 is 41.5 Å². The Morgan fingerprint density at radius 1 is 0.852 bits per heavy atom. The summed E-state index contributed by atoms with van der Waals surface area (Å²) in [6.45, 7) is 2.24. The van der Waals surface area contributed by atoms with E-state index in [0.29, 0.717) is 6.42 Å². The second-order valence-corrected chi connectivity index (χ2v) is 8.26. The zero-order valence-corrected chi connectivity index (χ0v) is 16.6. The number of carboxylic acid groups (broad SMARTS) is 1. The second-order valence-electron chi connectivity index (χ2n) is 6.66. The fourth-order valence-corrected chi connectivity index (χ4v) is 3.34. The molecule has 9 heteroatoms. The van der Waals surface area contributed by atoms with Gasteiger partial charge in [-0.1, -0.05) is 77.6 Å². The van der Waals surface area contributed by atoms with Crippen LogP contribution in [0.4, 0.5) is 0 Å². The van der Waals surface area contributed by atoms with Crippen LogP contribution in [0.15, 0.2) is 0 Å². The molecule has 27 heavy (non-hydrogen) atoms. The van der Waals surface area contributed by atoms with Crippen molar-refractivity contribution in [3.63, 3.8) is 0 Å². The molecule has 0 radical (unpaired) electrons. The maximum absolute atomic E-state index is 11.6. The van der Waals surface area contributed by atoms with Gasteiger partial charge in [0.25, 0.3) is 10.1 Å². The molecule has 0 bridgehead atoms. The van der Waals surface area contributed by atoms with E-state index in [1.165, 1.54) is 51.4 Å². The summed E-state index contributed by atoms with van der Waals surface area (Å²) in [5.41, 5.74) is 0. The summed E-state index contributed by atoms with van der Waals surface area (Å²) < 4.78 is 35.8. The fourth-order valence-electron chi connectivity index (χ4n) is 2.68. The molecule has 7 nitrogen and oxygen atoms in total. The molecule has 1 atom stereocenters. The molecule has 0 aromatic rings. The minimum atomic E-state index is -4.78. The number of rotatable bonds is 17. The first kappa shape index (κ1) is 29.1. The number of carboxylic acids is 1. The van der Waals surface area contributed by atoms with Crippen molar-refractivity contribution < 1.29 is 32.4 Å². The van der Waals surface area contributed by atoms with Crippen LogP contribution in [0.3, 0.4) is 0 Å². The molecule has 0 heterocycles. The van der Waals surface area contributed by atoms with E-state index in [0.717, 1.165) is 19.3 Å². The topological polar surface area (TPSA) is 118 Å². The van der Waals surface area contributed by atoms with E-state index >= 15 is 0 Å². The summed E-state index contributed by atoms with van der Waals surface area (Å²) >= 11 is 0.